The van der Waals surface area contributed by atoms with Crippen LogP contribution in [0.2, 0.25) is 0 Å². The van der Waals surface area contributed by atoms with Crippen molar-refractivity contribution in [1.29, 1.82) is 0 Å². The summed E-state index contributed by atoms with van der Waals surface area (Å²) in [5.74, 6) is 0.721. The third kappa shape index (κ3) is 1.34. The van der Waals surface area contributed by atoms with E-state index in [2.05, 4.69) is 20.3 Å². The summed E-state index contributed by atoms with van der Waals surface area (Å²) in [5.41, 5.74) is 0.713. The summed E-state index contributed by atoms with van der Waals surface area (Å²) in [5, 5.41) is 8.62. The van der Waals surface area contributed by atoms with E-state index in [4.69, 9.17) is 0 Å². The van der Waals surface area contributed by atoms with E-state index < -0.39 is 0 Å². The monoisotopic (exact) mass is 197 g/mol. The molecule has 0 fully saturated rings. The molecule has 0 N–H and O–H groups in total. The zero-order valence-electron chi connectivity index (χ0n) is 7.78. The Morgan fingerprint density at radius 1 is 1.07 bits per heavy atom. The number of rotatable bonds is 1. The van der Waals surface area contributed by atoms with Crippen molar-refractivity contribution in [3.63, 3.8) is 0 Å². The van der Waals surface area contributed by atoms with Gasteiger partial charge in [0, 0.05) is 11.6 Å². The minimum absolute atomic E-state index is 0.713. The molecule has 0 aromatic carbocycles. The normalized spacial score (nSPS) is 10.7. The predicted molar refractivity (Wildman–Crippen MR) is 54.5 cm³/mol. The molecule has 0 aliphatic rings. The average molecular weight is 197 g/mol. The molecule has 0 aliphatic carbocycles. The van der Waals surface area contributed by atoms with Crippen molar-refractivity contribution in [1.82, 2.24) is 25.0 Å². The Morgan fingerprint density at radius 3 is 2.93 bits per heavy atom. The highest BCUT2D eigenvalue weighted by atomic mass is 15.4. The van der Waals surface area contributed by atoms with Crippen molar-refractivity contribution in [2.75, 3.05) is 0 Å². The van der Waals surface area contributed by atoms with Gasteiger partial charge in [0.15, 0.2) is 11.5 Å². The topological polar surface area (TPSA) is 56.5 Å². The average Bonchev–Trinajstić information content (AvgIpc) is 2.82. The maximum Gasteiger partial charge on any atom is 0.161 e. The Kier molecular flexibility index (Phi) is 1.68. The molecule has 0 saturated carbocycles. The van der Waals surface area contributed by atoms with Gasteiger partial charge in [-0.2, -0.15) is 0 Å². The number of aromatic nitrogens is 5. The van der Waals surface area contributed by atoms with Gasteiger partial charge in [0.25, 0.3) is 0 Å². The molecule has 0 unspecified atom stereocenters. The van der Waals surface area contributed by atoms with Gasteiger partial charge in [0.05, 0.1) is 12.4 Å². The van der Waals surface area contributed by atoms with Crippen LogP contribution in [0.15, 0.2) is 42.9 Å². The summed E-state index contributed by atoms with van der Waals surface area (Å²) in [4.78, 5) is 8.55. The fourth-order valence-corrected chi connectivity index (χ4v) is 1.40. The van der Waals surface area contributed by atoms with Crippen molar-refractivity contribution in [3.8, 4) is 5.82 Å². The summed E-state index contributed by atoms with van der Waals surface area (Å²) in [6, 6.07) is 7.71. The van der Waals surface area contributed by atoms with Gasteiger partial charge >= 0.3 is 0 Å². The zero-order chi connectivity index (χ0) is 10.1. The molecule has 5 heteroatoms. The molecule has 3 aromatic heterocycles. The van der Waals surface area contributed by atoms with Crippen LogP contribution in [0, 0.1) is 0 Å². The first-order chi connectivity index (χ1) is 7.43. The fraction of sp³-hybridized carbons (Fsp3) is 0. The minimum atomic E-state index is 0.713. The van der Waals surface area contributed by atoms with Crippen molar-refractivity contribution >= 4 is 11.0 Å². The summed E-state index contributed by atoms with van der Waals surface area (Å²) in [7, 11) is 0. The summed E-state index contributed by atoms with van der Waals surface area (Å²) in [6.45, 7) is 0. The molecular formula is C10H7N5. The van der Waals surface area contributed by atoms with E-state index in [1.807, 2.05) is 24.3 Å². The fourth-order valence-electron chi connectivity index (χ4n) is 1.40. The van der Waals surface area contributed by atoms with E-state index in [-0.39, 0.29) is 0 Å². The van der Waals surface area contributed by atoms with Gasteiger partial charge in [-0.3, -0.25) is 0 Å². The lowest BCUT2D eigenvalue weighted by Crippen LogP contribution is -1.98. The van der Waals surface area contributed by atoms with Crippen LogP contribution >= 0.6 is 0 Å². The second kappa shape index (κ2) is 3.13. The summed E-state index contributed by atoms with van der Waals surface area (Å²) >= 11 is 0. The number of pyridine rings is 2. The molecule has 0 spiro atoms. The molecule has 3 aromatic rings. The lowest BCUT2D eigenvalue weighted by molar-refractivity contribution is 0.784. The smallest absolute Gasteiger partial charge is 0.161 e. The maximum absolute atomic E-state index is 4.37. The van der Waals surface area contributed by atoms with Crippen molar-refractivity contribution in [2.24, 2.45) is 0 Å². The van der Waals surface area contributed by atoms with E-state index in [1.165, 1.54) is 0 Å². The van der Waals surface area contributed by atoms with Gasteiger partial charge in [-0.05, 0) is 24.3 Å². The Hall–Kier alpha value is -2.30. The highest BCUT2D eigenvalue weighted by Crippen LogP contribution is 2.10. The molecule has 72 valence electrons. The molecule has 3 heterocycles. The van der Waals surface area contributed by atoms with Crippen LogP contribution in [0.1, 0.15) is 0 Å². The lowest BCUT2D eigenvalue weighted by atomic mass is 10.3. The van der Waals surface area contributed by atoms with Gasteiger partial charge in [0.2, 0.25) is 0 Å². The Morgan fingerprint density at radius 2 is 2.07 bits per heavy atom. The Balaban J connectivity index is 2.22. The predicted octanol–water partition coefficient (Wildman–Crippen LogP) is 1.21. The molecule has 0 aliphatic heterocycles. The second-order valence-electron chi connectivity index (χ2n) is 3.07. The quantitative estimate of drug-likeness (QED) is 0.588. The van der Waals surface area contributed by atoms with Gasteiger partial charge < -0.3 is 0 Å². The number of hydrogen-bond acceptors (Lipinski definition) is 4. The van der Waals surface area contributed by atoms with E-state index in [0.29, 0.717) is 5.65 Å². The SMILES string of the molecule is c1cnc2nc(-n3ccnn3)ccc2c1. The second-order valence-corrected chi connectivity index (χ2v) is 3.07. The van der Waals surface area contributed by atoms with Crippen LogP contribution in [-0.2, 0) is 0 Å². The van der Waals surface area contributed by atoms with Crippen molar-refractivity contribution < 1.29 is 0 Å². The van der Waals surface area contributed by atoms with E-state index in [0.717, 1.165) is 11.2 Å². The third-order valence-electron chi connectivity index (χ3n) is 2.11. The number of nitrogens with zero attached hydrogens (tertiary/aromatic N) is 5. The number of fused-ring (bicyclic) bond motifs is 1. The highest BCUT2D eigenvalue weighted by molar-refractivity contribution is 5.74. The van der Waals surface area contributed by atoms with E-state index in [9.17, 15) is 0 Å². The molecule has 0 saturated heterocycles. The first kappa shape index (κ1) is 8.05. The van der Waals surface area contributed by atoms with Gasteiger partial charge in [-0.25, -0.2) is 14.6 Å². The third-order valence-corrected chi connectivity index (χ3v) is 2.11. The lowest BCUT2D eigenvalue weighted by Gasteiger charge is -2.00. The van der Waals surface area contributed by atoms with Crippen molar-refractivity contribution in [2.45, 2.75) is 0 Å². The summed E-state index contributed by atoms with van der Waals surface area (Å²) < 4.78 is 1.61. The molecule has 0 amide bonds. The minimum Gasteiger partial charge on any atom is -0.237 e. The van der Waals surface area contributed by atoms with E-state index in [1.54, 1.807) is 23.3 Å². The van der Waals surface area contributed by atoms with Crippen LogP contribution in [0.4, 0.5) is 0 Å². The van der Waals surface area contributed by atoms with Crippen LogP contribution in [0.5, 0.6) is 0 Å². The molecule has 5 nitrogen and oxygen atoms in total. The van der Waals surface area contributed by atoms with E-state index >= 15 is 0 Å². The standard InChI is InChI=1S/C10H7N5/c1-2-8-3-4-9(13-10(8)11-5-1)15-7-6-12-14-15/h1-7H. The van der Waals surface area contributed by atoms with Gasteiger partial charge in [-0.15, -0.1) is 5.10 Å². The van der Waals surface area contributed by atoms with Crippen LogP contribution < -0.4 is 0 Å². The zero-order valence-corrected chi connectivity index (χ0v) is 7.78. The van der Waals surface area contributed by atoms with Crippen LogP contribution in [0.3, 0.4) is 0 Å². The Labute approximate surface area is 85.4 Å². The molecule has 0 atom stereocenters. The molecular weight excluding hydrogens is 190 g/mol. The molecule has 0 radical (unpaired) electrons. The van der Waals surface area contributed by atoms with Crippen LogP contribution in [0.25, 0.3) is 16.9 Å². The number of hydrogen-bond donors (Lipinski definition) is 0. The largest absolute Gasteiger partial charge is 0.237 e. The maximum atomic E-state index is 4.37. The first-order valence-electron chi connectivity index (χ1n) is 4.52. The first-order valence-corrected chi connectivity index (χ1v) is 4.52. The molecule has 0 bridgehead atoms. The molecule has 15 heavy (non-hydrogen) atoms. The summed E-state index contributed by atoms with van der Waals surface area (Å²) in [6.07, 6.45) is 5.09. The highest BCUT2D eigenvalue weighted by Gasteiger charge is 2.00. The van der Waals surface area contributed by atoms with Gasteiger partial charge in [-0.1, -0.05) is 5.21 Å². The van der Waals surface area contributed by atoms with Crippen LogP contribution in [-0.4, -0.2) is 25.0 Å². The Bertz CT molecular complexity index is 588. The molecule has 3 rings (SSSR count). The van der Waals surface area contributed by atoms with Crippen molar-refractivity contribution in [3.05, 3.63) is 42.9 Å². The van der Waals surface area contributed by atoms with Gasteiger partial charge in [0.1, 0.15) is 0 Å².